The molecular formula is C18H17FN4OS2. The Morgan fingerprint density at radius 2 is 1.88 bits per heavy atom. The van der Waals surface area contributed by atoms with Gasteiger partial charge in [-0.25, -0.2) is 4.39 Å². The van der Waals surface area contributed by atoms with Crippen molar-refractivity contribution < 1.29 is 9.18 Å². The lowest BCUT2D eigenvalue weighted by Gasteiger charge is -2.10. The molecule has 1 unspecified atom stereocenters. The van der Waals surface area contributed by atoms with Crippen LogP contribution in [0.25, 0.3) is 0 Å². The molecule has 3 aromatic rings. The monoisotopic (exact) mass is 388 g/mol. The smallest absolute Gasteiger partial charge is 0.233 e. The number of nitrogens with one attached hydrogen (secondary N) is 2. The molecule has 3 rings (SSSR count). The number of benzene rings is 2. The normalized spacial score (nSPS) is 11.8. The molecule has 0 aliphatic carbocycles. The van der Waals surface area contributed by atoms with Crippen LogP contribution >= 0.6 is 23.1 Å². The van der Waals surface area contributed by atoms with Crippen molar-refractivity contribution in [1.82, 2.24) is 15.5 Å². The number of carbonyl (C=O) groups excluding carboxylic acids is 1. The predicted octanol–water partition coefficient (Wildman–Crippen LogP) is 4.22. The summed E-state index contributed by atoms with van der Waals surface area (Å²) in [4.78, 5) is 12.2. The molecule has 1 atom stereocenters. The first-order chi connectivity index (χ1) is 12.6. The summed E-state index contributed by atoms with van der Waals surface area (Å²) in [7, 11) is 0. The van der Waals surface area contributed by atoms with Gasteiger partial charge in [0.05, 0.1) is 5.25 Å². The van der Waals surface area contributed by atoms with Crippen LogP contribution < -0.4 is 10.6 Å². The summed E-state index contributed by atoms with van der Waals surface area (Å²) in [5, 5.41) is 14.6. The second kappa shape index (κ2) is 8.77. The van der Waals surface area contributed by atoms with Crippen LogP contribution in [-0.2, 0) is 11.3 Å². The highest BCUT2D eigenvalue weighted by molar-refractivity contribution is 8.02. The van der Waals surface area contributed by atoms with Crippen LogP contribution in [0, 0.1) is 5.82 Å². The maximum atomic E-state index is 12.9. The van der Waals surface area contributed by atoms with Crippen LogP contribution in [0.1, 0.15) is 12.5 Å². The summed E-state index contributed by atoms with van der Waals surface area (Å²) >= 11 is 2.75. The van der Waals surface area contributed by atoms with Gasteiger partial charge in [0.25, 0.3) is 0 Å². The van der Waals surface area contributed by atoms with E-state index in [1.165, 1.54) is 35.2 Å². The number of hydrogen-bond donors (Lipinski definition) is 2. The molecule has 0 radical (unpaired) electrons. The van der Waals surface area contributed by atoms with Gasteiger partial charge >= 0.3 is 0 Å². The Labute approximate surface area is 159 Å². The fraction of sp³-hybridized carbons (Fsp3) is 0.167. The molecule has 1 amide bonds. The summed E-state index contributed by atoms with van der Waals surface area (Å²) in [6.45, 7) is 2.18. The first-order valence-electron chi connectivity index (χ1n) is 7.94. The zero-order valence-electron chi connectivity index (χ0n) is 14.0. The van der Waals surface area contributed by atoms with Crippen LogP contribution in [0.3, 0.4) is 0 Å². The van der Waals surface area contributed by atoms with Crippen molar-refractivity contribution in [3.05, 3.63) is 66.0 Å². The second-order valence-electron chi connectivity index (χ2n) is 5.47. The number of anilines is 2. The van der Waals surface area contributed by atoms with E-state index in [9.17, 15) is 9.18 Å². The van der Waals surface area contributed by atoms with Crippen molar-refractivity contribution in [1.29, 1.82) is 0 Å². The minimum Gasteiger partial charge on any atom is -0.351 e. The molecule has 26 heavy (non-hydrogen) atoms. The Balaban J connectivity index is 1.50. The number of amides is 1. The Bertz CT molecular complexity index is 855. The summed E-state index contributed by atoms with van der Waals surface area (Å²) < 4.78 is 13.6. The first kappa shape index (κ1) is 18.3. The van der Waals surface area contributed by atoms with Gasteiger partial charge in [0.15, 0.2) is 4.34 Å². The van der Waals surface area contributed by atoms with Gasteiger partial charge in [-0.2, -0.15) is 0 Å². The molecule has 1 heterocycles. The molecular weight excluding hydrogens is 371 g/mol. The van der Waals surface area contributed by atoms with Crippen molar-refractivity contribution in [3.63, 3.8) is 0 Å². The van der Waals surface area contributed by atoms with E-state index in [2.05, 4.69) is 20.8 Å². The first-order valence-corrected chi connectivity index (χ1v) is 9.64. The minimum atomic E-state index is -0.312. The van der Waals surface area contributed by atoms with Crippen molar-refractivity contribution >= 4 is 39.8 Å². The lowest BCUT2D eigenvalue weighted by Crippen LogP contribution is -2.30. The molecule has 134 valence electrons. The van der Waals surface area contributed by atoms with Crippen LogP contribution in [0.2, 0.25) is 0 Å². The topological polar surface area (TPSA) is 66.9 Å². The maximum absolute atomic E-state index is 12.9. The highest BCUT2D eigenvalue weighted by atomic mass is 32.2. The molecule has 0 fully saturated rings. The maximum Gasteiger partial charge on any atom is 0.233 e. The molecule has 0 saturated carbocycles. The van der Waals surface area contributed by atoms with E-state index in [1.807, 2.05) is 37.3 Å². The van der Waals surface area contributed by atoms with Crippen LogP contribution in [-0.4, -0.2) is 21.4 Å². The zero-order chi connectivity index (χ0) is 18.4. The molecule has 0 aliphatic rings. The molecule has 2 N–H and O–H groups in total. The third-order valence-electron chi connectivity index (χ3n) is 3.46. The predicted molar refractivity (Wildman–Crippen MR) is 103 cm³/mol. The van der Waals surface area contributed by atoms with Crippen molar-refractivity contribution in [2.24, 2.45) is 0 Å². The summed E-state index contributed by atoms with van der Waals surface area (Å²) in [5.74, 6) is -0.396. The molecule has 8 heteroatoms. The second-order valence-corrected chi connectivity index (χ2v) is 8.03. The number of hydrogen-bond acceptors (Lipinski definition) is 6. The van der Waals surface area contributed by atoms with Gasteiger partial charge in [0.2, 0.25) is 11.0 Å². The quantitative estimate of drug-likeness (QED) is 0.593. The van der Waals surface area contributed by atoms with E-state index in [4.69, 9.17) is 0 Å². The van der Waals surface area contributed by atoms with Crippen LogP contribution in [0.5, 0.6) is 0 Å². The van der Waals surface area contributed by atoms with Crippen molar-refractivity contribution in [2.75, 3.05) is 5.32 Å². The van der Waals surface area contributed by atoms with Gasteiger partial charge in [-0.1, -0.05) is 53.4 Å². The SMILES string of the molecule is CC(Sc1nnc(Nc2ccccc2)s1)C(=O)NCc1ccc(F)cc1. The van der Waals surface area contributed by atoms with Crippen molar-refractivity contribution in [2.45, 2.75) is 23.1 Å². The molecule has 0 saturated heterocycles. The third-order valence-corrected chi connectivity index (χ3v) is 5.48. The Hall–Kier alpha value is -2.45. The Morgan fingerprint density at radius 1 is 1.15 bits per heavy atom. The number of para-hydroxylation sites is 1. The fourth-order valence-corrected chi connectivity index (χ4v) is 4.03. The summed E-state index contributed by atoms with van der Waals surface area (Å²) in [5.41, 5.74) is 1.78. The standard InChI is InChI=1S/C18H17FN4OS2/c1-12(16(24)20-11-13-7-9-14(19)10-8-13)25-18-23-22-17(26-18)21-15-5-3-2-4-6-15/h2-10,12H,11H2,1H3,(H,20,24)(H,21,22). The Kier molecular flexibility index (Phi) is 6.19. The van der Waals surface area contributed by atoms with Gasteiger partial charge in [0, 0.05) is 12.2 Å². The van der Waals surface area contributed by atoms with E-state index >= 15 is 0 Å². The van der Waals surface area contributed by atoms with Gasteiger partial charge in [-0.15, -0.1) is 10.2 Å². The summed E-state index contributed by atoms with van der Waals surface area (Å²) in [6.07, 6.45) is 0. The molecule has 2 aromatic carbocycles. The highest BCUT2D eigenvalue weighted by Gasteiger charge is 2.17. The van der Waals surface area contributed by atoms with Crippen LogP contribution in [0.4, 0.5) is 15.2 Å². The van der Waals surface area contributed by atoms with E-state index < -0.39 is 0 Å². The number of rotatable bonds is 7. The number of aromatic nitrogens is 2. The van der Waals surface area contributed by atoms with Gasteiger partial charge in [-0.3, -0.25) is 4.79 Å². The highest BCUT2D eigenvalue weighted by Crippen LogP contribution is 2.30. The molecule has 0 spiro atoms. The molecule has 5 nitrogen and oxygen atoms in total. The van der Waals surface area contributed by atoms with Crippen LogP contribution in [0.15, 0.2) is 58.9 Å². The zero-order valence-corrected chi connectivity index (χ0v) is 15.6. The average molecular weight is 388 g/mol. The molecule has 1 aromatic heterocycles. The number of thioether (sulfide) groups is 1. The van der Waals surface area contributed by atoms with Crippen molar-refractivity contribution in [3.8, 4) is 0 Å². The van der Waals surface area contributed by atoms with Gasteiger partial charge < -0.3 is 10.6 Å². The Morgan fingerprint density at radius 3 is 2.62 bits per heavy atom. The van der Waals surface area contributed by atoms with E-state index in [1.54, 1.807) is 12.1 Å². The van der Waals surface area contributed by atoms with E-state index in [0.29, 0.717) is 16.0 Å². The minimum absolute atomic E-state index is 0.105. The number of nitrogens with zero attached hydrogens (tertiary/aromatic N) is 2. The summed E-state index contributed by atoms with van der Waals surface area (Å²) in [6, 6.07) is 15.8. The number of halogens is 1. The fourth-order valence-electron chi connectivity index (χ4n) is 2.09. The largest absolute Gasteiger partial charge is 0.351 e. The van der Waals surface area contributed by atoms with E-state index in [-0.39, 0.29) is 17.0 Å². The van der Waals surface area contributed by atoms with Gasteiger partial charge in [0.1, 0.15) is 5.82 Å². The lowest BCUT2D eigenvalue weighted by atomic mass is 10.2. The average Bonchev–Trinajstić information content (AvgIpc) is 3.08. The third kappa shape index (κ3) is 5.27. The lowest BCUT2D eigenvalue weighted by molar-refractivity contribution is -0.120. The van der Waals surface area contributed by atoms with E-state index in [0.717, 1.165) is 11.3 Å². The number of carbonyl (C=O) groups is 1. The molecule has 0 aliphatic heterocycles. The molecule has 0 bridgehead atoms. The van der Waals surface area contributed by atoms with Gasteiger partial charge in [-0.05, 0) is 36.8 Å².